The lowest BCUT2D eigenvalue weighted by molar-refractivity contribution is -0.123. The van der Waals surface area contributed by atoms with E-state index >= 15 is 0 Å². The van der Waals surface area contributed by atoms with E-state index in [0.717, 1.165) is 26.2 Å². The highest BCUT2D eigenvalue weighted by Gasteiger charge is 2.27. The number of carbonyl (C=O) groups excluding carboxylic acids is 1. The monoisotopic (exact) mass is 379 g/mol. The standard InChI is InChI=1S/C24H33N3O/c1-19(2)20(3)25-23(28)18-26-14-16-27(17-15-26)24(21-10-6-4-7-11-21)22-12-8-5-9-13-22/h4-13,19-20,24H,14-18H2,1-3H3,(H,25,28)/t20-/m1/s1. The van der Waals surface area contributed by atoms with Crippen LogP contribution in [0.25, 0.3) is 0 Å². The van der Waals surface area contributed by atoms with Crippen molar-refractivity contribution in [2.24, 2.45) is 5.92 Å². The topological polar surface area (TPSA) is 35.6 Å². The van der Waals surface area contributed by atoms with Gasteiger partial charge in [0.1, 0.15) is 0 Å². The maximum Gasteiger partial charge on any atom is 0.234 e. The number of piperazine rings is 1. The molecule has 0 spiro atoms. The molecule has 1 fully saturated rings. The lowest BCUT2D eigenvalue weighted by atomic mass is 9.96. The smallest absolute Gasteiger partial charge is 0.234 e. The van der Waals surface area contributed by atoms with Crippen LogP contribution in [0.4, 0.5) is 0 Å². The molecule has 28 heavy (non-hydrogen) atoms. The largest absolute Gasteiger partial charge is 0.352 e. The molecule has 0 aromatic heterocycles. The first-order valence-corrected chi connectivity index (χ1v) is 10.4. The fraction of sp³-hybridized carbons (Fsp3) is 0.458. The molecule has 0 saturated carbocycles. The van der Waals surface area contributed by atoms with Crippen molar-refractivity contribution >= 4 is 5.91 Å². The number of hydrogen-bond acceptors (Lipinski definition) is 3. The molecule has 4 heteroatoms. The molecule has 2 aromatic rings. The Balaban J connectivity index is 1.62. The van der Waals surface area contributed by atoms with Gasteiger partial charge in [0.05, 0.1) is 12.6 Å². The summed E-state index contributed by atoms with van der Waals surface area (Å²) in [6.07, 6.45) is 0. The fourth-order valence-corrected chi connectivity index (χ4v) is 3.73. The van der Waals surface area contributed by atoms with Crippen LogP contribution in [0.1, 0.15) is 37.9 Å². The summed E-state index contributed by atoms with van der Waals surface area (Å²) in [7, 11) is 0. The van der Waals surface area contributed by atoms with E-state index in [1.165, 1.54) is 11.1 Å². The molecule has 0 radical (unpaired) electrons. The van der Waals surface area contributed by atoms with Crippen LogP contribution in [0.3, 0.4) is 0 Å². The van der Waals surface area contributed by atoms with Gasteiger partial charge in [0, 0.05) is 32.2 Å². The maximum absolute atomic E-state index is 12.3. The summed E-state index contributed by atoms with van der Waals surface area (Å²) in [5.74, 6) is 0.593. The van der Waals surface area contributed by atoms with E-state index in [2.05, 4.69) is 96.6 Å². The van der Waals surface area contributed by atoms with Crippen molar-refractivity contribution in [1.82, 2.24) is 15.1 Å². The number of nitrogens with zero attached hydrogens (tertiary/aromatic N) is 2. The van der Waals surface area contributed by atoms with Crippen molar-refractivity contribution in [2.75, 3.05) is 32.7 Å². The van der Waals surface area contributed by atoms with Gasteiger partial charge in [-0.25, -0.2) is 0 Å². The van der Waals surface area contributed by atoms with E-state index in [0.29, 0.717) is 12.5 Å². The zero-order valence-corrected chi connectivity index (χ0v) is 17.3. The number of amides is 1. The first-order valence-electron chi connectivity index (χ1n) is 10.4. The summed E-state index contributed by atoms with van der Waals surface area (Å²) in [6.45, 7) is 10.6. The molecule has 0 aliphatic carbocycles. The summed E-state index contributed by atoms with van der Waals surface area (Å²) in [6, 6.07) is 21.9. The van der Waals surface area contributed by atoms with Crippen LogP contribution in [0.5, 0.6) is 0 Å². The third-order valence-corrected chi connectivity index (χ3v) is 5.76. The number of nitrogens with one attached hydrogen (secondary N) is 1. The fourth-order valence-electron chi connectivity index (χ4n) is 3.73. The molecule has 1 saturated heterocycles. The van der Waals surface area contributed by atoms with Gasteiger partial charge in [-0.2, -0.15) is 0 Å². The first kappa shape index (κ1) is 20.6. The van der Waals surface area contributed by atoms with Gasteiger partial charge in [0.15, 0.2) is 0 Å². The zero-order chi connectivity index (χ0) is 19.9. The van der Waals surface area contributed by atoms with E-state index in [1.807, 2.05) is 0 Å². The van der Waals surface area contributed by atoms with Crippen molar-refractivity contribution in [3.05, 3.63) is 71.8 Å². The Morgan fingerprint density at radius 2 is 1.36 bits per heavy atom. The highest BCUT2D eigenvalue weighted by molar-refractivity contribution is 5.78. The number of carbonyl (C=O) groups is 1. The van der Waals surface area contributed by atoms with Gasteiger partial charge in [0.2, 0.25) is 5.91 Å². The Hall–Kier alpha value is -2.17. The summed E-state index contributed by atoms with van der Waals surface area (Å²) >= 11 is 0. The lowest BCUT2D eigenvalue weighted by Crippen LogP contribution is -2.51. The van der Waals surface area contributed by atoms with Gasteiger partial charge < -0.3 is 5.32 Å². The Morgan fingerprint density at radius 3 is 1.82 bits per heavy atom. The normalized spacial score (nSPS) is 17.0. The Morgan fingerprint density at radius 1 is 0.857 bits per heavy atom. The van der Waals surface area contributed by atoms with Gasteiger partial charge in [-0.1, -0.05) is 74.5 Å². The second-order valence-electron chi connectivity index (χ2n) is 8.14. The van der Waals surface area contributed by atoms with E-state index in [-0.39, 0.29) is 18.0 Å². The van der Waals surface area contributed by atoms with Crippen molar-refractivity contribution in [1.29, 1.82) is 0 Å². The van der Waals surface area contributed by atoms with Gasteiger partial charge in [-0.05, 0) is 24.0 Å². The van der Waals surface area contributed by atoms with Gasteiger partial charge in [-0.15, -0.1) is 0 Å². The predicted octanol–water partition coefficient (Wildman–Crippen LogP) is 3.55. The molecular weight excluding hydrogens is 346 g/mol. The van der Waals surface area contributed by atoms with Crippen molar-refractivity contribution in [3.63, 3.8) is 0 Å². The average Bonchev–Trinajstić information content (AvgIpc) is 2.71. The average molecular weight is 380 g/mol. The molecular formula is C24H33N3O. The molecule has 1 amide bonds. The van der Waals surface area contributed by atoms with Crippen LogP contribution in [-0.4, -0.2) is 54.5 Å². The molecule has 4 nitrogen and oxygen atoms in total. The summed E-state index contributed by atoms with van der Waals surface area (Å²) in [5.41, 5.74) is 2.65. The number of benzene rings is 2. The molecule has 3 rings (SSSR count). The number of hydrogen-bond donors (Lipinski definition) is 1. The second kappa shape index (κ2) is 9.85. The molecule has 0 bridgehead atoms. The van der Waals surface area contributed by atoms with Crippen LogP contribution < -0.4 is 5.32 Å². The minimum Gasteiger partial charge on any atom is -0.352 e. The predicted molar refractivity (Wildman–Crippen MR) is 115 cm³/mol. The van der Waals surface area contributed by atoms with E-state index < -0.39 is 0 Å². The van der Waals surface area contributed by atoms with Gasteiger partial charge >= 0.3 is 0 Å². The van der Waals surface area contributed by atoms with Crippen LogP contribution in [-0.2, 0) is 4.79 Å². The van der Waals surface area contributed by atoms with Crippen LogP contribution in [0.2, 0.25) is 0 Å². The Bertz CT molecular complexity index is 685. The van der Waals surface area contributed by atoms with E-state index in [9.17, 15) is 4.79 Å². The Kier molecular flexibility index (Phi) is 7.24. The first-order chi connectivity index (χ1) is 13.5. The lowest BCUT2D eigenvalue weighted by Gasteiger charge is -2.39. The van der Waals surface area contributed by atoms with Crippen molar-refractivity contribution in [3.8, 4) is 0 Å². The molecule has 150 valence electrons. The highest BCUT2D eigenvalue weighted by atomic mass is 16.2. The summed E-state index contributed by atoms with van der Waals surface area (Å²) in [4.78, 5) is 17.1. The maximum atomic E-state index is 12.3. The molecule has 1 aliphatic rings. The van der Waals surface area contributed by atoms with Crippen LogP contribution in [0, 0.1) is 5.92 Å². The number of rotatable bonds is 7. The molecule has 1 atom stereocenters. The SMILES string of the molecule is CC(C)[C@@H](C)NC(=O)CN1CCN(C(c2ccccc2)c2ccccc2)CC1. The zero-order valence-electron chi connectivity index (χ0n) is 17.3. The molecule has 1 N–H and O–H groups in total. The van der Waals surface area contributed by atoms with E-state index in [1.54, 1.807) is 0 Å². The molecule has 0 unspecified atom stereocenters. The van der Waals surface area contributed by atoms with Gasteiger partial charge in [0.25, 0.3) is 0 Å². The van der Waals surface area contributed by atoms with Crippen molar-refractivity contribution in [2.45, 2.75) is 32.9 Å². The third-order valence-electron chi connectivity index (χ3n) is 5.76. The Labute approximate surface area is 169 Å². The highest BCUT2D eigenvalue weighted by Crippen LogP contribution is 2.29. The second-order valence-corrected chi connectivity index (χ2v) is 8.14. The third kappa shape index (κ3) is 5.43. The molecule has 1 aliphatic heterocycles. The summed E-state index contributed by atoms with van der Waals surface area (Å²) < 4.78 is 0. The molecule has 1 heterocycles. The van der Waals surface area contributed by atoms with Crippen LogP contribution in [0.15, 0.2) is 60.7 Å². The van der Waals surface area contributed by atoms with E-state index in [4.69, 9.17) is 0 Å². The quantitative estimate of drug-likeness (QED) is 0.799. The van der Waals surface area contributed by atoms with Crippen molar-refractivity contribution < 1.29 is 4.79 Å². The summed E-state index contributed by atoms with van der Waals surface area (Å²) in [5, 5.41) is 3.12. The van der Waals surface area contributed by atoms with Crippen LogP contribution >= 0.6 is 0 Å². The molecule has 2 aromatic carbocycles. The van der Waals surface area contributed by atoms with Gasteiger partial charge in [-0.3, -0.25) is 14.6 Å². The minimum atomic E-state index is 0.136. The minimum absolute atomic E-state index is 0.136.